The molecule has 0 unspecified atom stereocenters. The highest BCUT2D eigenvalue weighted by Crippen LogP contribution is 2.21. The zero-order chi connectivity index (χ0) is 25.2. The van der Waals surface area contributed by atoms with E-state index in [0.29, 0.717) is 18.6 Å². The summed E-state index contributed by atoms with van der Waals surface area (Å²) in [7, 11) is 0. The lowest BCUT2D eigenvalue weighted by Crippen LogP contribution is -2.44. The summed E-state index contributed by atoms with van der Waals surface area (Å²) in [4.78, 5) is 36.8. The largest absolute Gasteiger partial charge is 0.466 e. The molecule has 0 fully saturated rings. The van der Waals surface area contributed by atoms with Crippen LogP contribution >= 0.6 is 0 Å². The van der Waals surface area contributed by atoms with E-state index in [4.69, 9.17) is 4.74 Å². The van der Waals surface area contributed by atoms with E-state index in [1.54, 1.807) is 31.2 Å². The number of ether oxygens (including phenoxy) is 1. The van der Waals surface area contributed by atoms with Gasteiger partial charge in [0.1, 0.15) is 6.04 Å². The van der Waals surface area contributed by atoms with Crippen molar-refractivity contribution in [1.82, 2.24) is 10.6 Å². The molecule has 0 aliphatic rings. The minimum absolute atomic E-state index is 0.0139. The summed E-state index contributed by atoms with van der Waals surface area (Å²) < 4.78 is 4.86. The zero-order valence-corrected chi connectivity index (χ0v) is 20.5. The number of anilines is 1. The van der Waals surface area contributed by atoms with Crippen LogP contribution in [0.4, 0.5) is 5.69 Å². The first kappa shape index (κ1) is 25.7. The van der Waals surface area contributed by atoms with Crippen molar-refractivity contribution in [2.75, 3.05) is 18.5 Å². The van der Waals surface area contributed by atoms with Crippen molar-refractivity contribution in [2.24, 2.45) is 0 Å². The number of carbonyl (C=O) groups is 3. The van der Waals surface area contributed by atoms with Gasteiger partial charge in [-0.2, -0.15) is 0 Å². The van der Waals surface area contributed by atoms with Gasteiger partial charge < -0.3 is 20.7 Å². The molecule has 2 amide bonds. The summed E-state index contributed by atoms with van der Waals surface area (Å²) in [5, 5.41) is 11.3. The number of esters is 1. The van der Waals surface area contributed by atoms with Crippen LogP contribution in [0.15, 0.2) is 66.7 Å². The van der Waals surface area contributed by atoms with Gasteiger partial charge in [-0.15, -0.1) is 0 Å². The Labute approximate surface area is 206 Å². The number of amides is 2. The summed E-state index contributed by atoms with van der Waals surface area (Å²) in [6.07, 6.45) is 0.635. The monoisotopic (exact) mass is 475 g/mol. The fourth-order valence-electron chi connectivity index (χ4n) is 3.82. The molecule has 0 heterocycles. The van der Waals surface area contributed by atoms with E-state index in [9.17, 15) is 14.4 Å². The van der Waals surface area contributed by atoms with Gasteiger partial charge in [-0.3, -0.25) is 14.4 Å². The average Bonchev–Trinajstić information content (AvgIpc) is 2.84. The van der Waals surface area contributed by atoms with Crippen molar-refractivity contribution < 1.29 is 19.1 Å². The van der Waals surface area contributed by atoms with Gasteiger partial charge in [-0.05, 0) is 61.4 Å². The van der Waals surface area contributed by atoms with E-state index in [0.717, 1.165) is 22.0 Å². The molecule has 0 bridgehead atoms. The average molecular weight is 476 g/mol. The summed E-state index contributed by atoms with van der Waals surface area (Å²) >= 11 is 0. The summed E-state index contributed by atoms with van der Waals surface area (Å²) in [6.45, 7) is 6.13. The van der Waals surface area contributed by atoms with E-state index in [1.165, 1.54) is 0 Å². The van der Waals surface area contributed by atoms with Crippen LogP contribution < -0.4 is 16.0 Å². The summed E-state index contributed by atoms with van der Waals surface area (Å²) in [6, 6.07) is 20.7. The molecule has 3 aromatic rings. The molecule has 0 aliphatic heterocycles. The van der Waals surface area contributed by atoms with Crippen LogP contribution in [0.1, 0.15) is 43.1 Å². The molecular weight excluding hydrogens is 442 g/mol. The number of nitrogens with one attached hydrogen (secondary N) is 3. The molecule has 0 aromatic heterocycles. The third kappa shape index (κ3) is 7.57. The minimum atomic E-state index is -0.493. The lowest BCUT2D eigenvalue weighted by atomic mass is 9.98. The first-order valence-corrected chi connectivity index (χ1v) is 11.9. The van der Waals surface area contributed by atoms with Gasteiger partial charge in [-0.1, -0.05) is 42.5 Å². The topological polar surface area (TPSA) is 96.5 Å². The predicted molar refractivity (Wildman–Crippen MR) is 138 cm³/mol. The lowest BCUT2D eigenvalue weighted by molar-refractivity contribution is -0.142. The van der Waals surface area contributed by atoms with Gasteiger partial charge >= 0.3 is 5.97 Å². The Morgan fingerprint density at radius 1 is 0.914 bits per heavy atom. The van der Waals surface area contributed by atoms with Gasteiger partial charge in [0.25, 0.3) is 5.91 Å². The van der Waals surface area contributed by atoms with E-state index in [1.807, 2.05) is 38.1 Å². The third-order valence-corrected chi connectivity index (χ3v) is 5.46. The maximum Gasteiger partial charge on any atom is 0.307 e. The normalized spacial score (nSPS) is 11.7. The molecule has 3 rings (SSSR count). The molecule has 1 atom stereocenters. The quantitative estimate of drug-likeness (QED) is 0.363. The molecule has 0 saturated heterocycles. The first-order chi connectivity index (χ1) is 16.9. The van der Waals surface area contributed by atoms with Crippen LogP contribution in [0.2, 0.25) is 0 Å². The maximum absolute atomic E-state index is 13.0. The molecule has 3 N–H and O–H groups in total. The van der Waals surface area contributed by atoms with Crippen molar-refractivity contribution in [2.45, 2.75) is 45.7 Å². The predicted octanol–water partition coefficient (Wildman–Crippen LogP) is 4.07. The molecule has 0 radical (unpaired) electrons. The van der Waals surface area contributed by atoms with Crippen LogP contribution in [-0.4, -0.2) is 43.0 Å². The van der Waals surface area contributed by atoms with Crippen molar-refractivity contribution in [3.8, 4) is 0 Å². The standard InChI is InChI=1S/C28H33N3O4/c1-4-35-26(32)16-17-29-27(33)21-12-14-23(15-13-21)31-25(28(34)30-19(2)3)18-22-10-7-9-20-8-5-6-11-24(20)22/h5-15,19,25,31H,4,16-18H2,1-3H3,(H,29,33)(H,30,34)/t25-/m0/s1. The highest BCUT2D eigenvalue weighted by molar-refractivity contribution is 5.95. The van der Waals surface area contributed by atoms with Crippen LogP contribution in [0, 0.1) is 0 Å². The number of fused-ring (bicyclic) bond motifs is 1. The second-order valence-electron chi connectivity index (χ2n) is 8.59. The molecule has 0 spiro atoms. The molecule has 7 heteroatoms. The van der Waals surface area contributed by atoms with E-state index in [2.05, 4.69) is 34.1 Å². The zero-order valence-electron chi connectivity index (χ0n) is 20.5. The van der Waals surface area contributed by atoms with Crippen molar-refractivity contribution >= 4 is 34.2 Å². The van der Waals surface area contributed by atoms with Crippen LogP contribution in [-0.2, 0) is 20.7 Å². The second-order valence-corrected chi connectivity index (χ2v) is 8.59. The lowest BCUT2D eigenvalue weighted by Gasteiger charge is -2.22. The fraction of sp³-hybridized carbons (Fsp3) is 0.321. The molecule has 0 aliphatic carbocycles. The number of carbonyl (C=O) groups excluding carboxylic acids is 3. The van der Waals surface area contributed by atoms with E-state index >= 15 is 0 Å². The Bertz CT molecular complexity index is 1150. The Morgan fingerprint density at radius 3 is 2.34 bits per heavy atom. The maximum atomic E-state index is 13.0. The van der Waals surface area contributed by atoms with Crippen molar-refractivity contribution in [3.05, 3.63) is 77.9 Å². The van der Waals surface area contributed by atoms with Crippen molar-refractivity contribution in [1.29, 1.82) is 0 Å². The molecule has 35 heavy (non-hydrogen) atoms. The Balaban J connectivity index is 1.70. The van der Waals surface area contributed by atoms with E-state index < -0.39 is 6.04 Å². The number of hydrogen-bond donors (Lipinski definition) is 3. The fourth-order valence-corrected chi connectivity index (χ4v) is 3.82. The third-order valence-electron chi connectivity index (χ3n) is 5.46. The first-order valence-electron chi connectivity index (χ1n) is 11.9. The van der Waals surface area contributed by atoms with Gasteiger partial charge in [0.2, 0.25) is 5.91 Å². The molecule has 3 aromatic carbocycles. The number of rotatable bonds is 11. The highest BCUT2D eigenvalue weighted by Gasteiger charge is 2.21. The molecule has 7 nitrogen and oxygen atoms in total. The number of benzene rings is 3. The van der Waals surface area contributed by atoms with Gasteiger partial charge in [0, 0.05) is 30.3 Å². The smallest absolute Gasteiger partial charge is 0.307 e. The molecular formula is C28H33N3O4. The Morgan fingerprint density at radius 2 is 1.63 bits per heavy atom. The summed E-state index contributed by atoms with van der Waals surface area (Å²) in [5.74, 6) is -0.705. The van der Waals surface area contributed by atoms with Crippen molar-refractivity contribution in [3.63, 3.8) is 0 Å². The van der Waals surface area contributed by atoms with E-state index in [-0.39, 0.29) is 36.8 Å². The second kappa shape index (κ2) is 12.6. The SMILES string of the molecule is CCOC(=O)CCNC(=O)c1ccc(N[C@@H](Cc2cccc3ccccc23)C(=O)NC(C)C)cc1. The summed E-state index contributed by atoms with van der Waals surface area (Å²) in [5.41, 5.74) is 2.28. The molecule has 0 saturated carbocycles. The molecule has 184 valence electrons. The number of hydrogen-bond acceptors (Lipinski definition) is 5. The van der Waals surface area contributed by atoms with Gasteiger partial charge in [0.05, 0.1) is 13.0 Å². The van der Waals surface area contributed by atoms with Crippen LogP contribution in [0.5, 0.6) is 0 Å². The van der Waals surface area contributed by atoms with Crippen LogP contribution in [0.25, 0.3) is 10.8 Å². The Kier molecular flexibility index (Phi) is 9.23. The highest BCUT2D eigenvalue weighted by atomic mass is 16.5. The van der Waals surface area contributed by atoms with Gasteiger partial charge in [-0.25, -0.2) is 0 Å². The van der Waals surface area contributed by atoms with Gasteiger partial charge in [0.15, 0.2) is 0 Å². The van der Waals surface area contributed by atoms with Crippen LogP contribution in [0.3, 0.4) is 0 Å². The minimum Gasteiger partial charge on any atom is -0.466 e. The Hall–Kier alpha value is -3.87.